The number of aryl methyl sites for hydroxylation is 2. The summed E-state index contributed by atoms with van der Waals surface area (Å²) in [7, 11) is 0. The van der Waals surface area contributed by atoms with Gasteiger partial charge in [-0.3, -0.25) is 9.59 Å². The van der Waals surface area contributed by atoms with Crippen molar-refractivity contribution in [1.82, 2.24) is 5.32 Å². The molecule has 1 fully saturated rings. The second-order valence-electron chi connectivity index (χ2n) is 4.76. The number of Topliss-reactive ketones (excluding diaryl/α,β-unsaturated/α-hetero) is 1. The fourth-order valence-electron chi connectivity index (χ4n) is 2.20. The van der Waals surface area contributed by atoms with Gasteiger partial charge < -0.3 is 10.6 Å². The van der Waals surface area contributed by atoms with Crippen LogP contribution >= 0.6 is 0 Å². The van der Waals surface area contributed by atoms with Crippen molar-refractivity contribution >= 4 is 17.4 Å². The van der Waals surface area contributed by atoms with E-state index in [0.717, 1.165) is 16.8 Å². The van der Waals surface area contributed by atoms with E-state index in [4.69, 9.17) is 0 Å². The Labute approximate surface area is 107 Å². The van der Waals surface area contributed by atoms with E-state index in [0.29, 0.717) is 13.0 Å². The van der Waals surface area contributed by atoms with Gasteiger partial charge in [0.25, 0.3) is 0 Å². The Bertz CT molecular complexity index is 462. The molecule has 18 heavy (non-hydrogen) atoms. The van der Waals surface area contributed by atoms with Crippen molar-refractivity contribution in [1.29, 1.82) is 0 Å². The van der Waals surface area contributed by atoms with Crippen LogP contribution in [0.25, 0.3) is 0 Å². The van der Waals surface area contributed by atoms with Crippen LogP contribution in [0.1, 0.15) is 24.0 Å². The number of rotatable bonds is 2. The predicted octanol–water partition coefficient (Wildman–Crippen LogP) is 1.56. The zero-order valence-electron chi connectivity index (χ0n) is 10.7. The molecule has 1 saturated heterocycles. The van der Waals surface area contributed by atoms with Crippen LogP contribution in [-0.4, -0.2) is 24.3 Å². The average Bonchev–Trinajstić information content (AvgIpc) is 2.34. The van der Waals surface area contributed by atoms with Crippen molar-refractivity contribution in [3.8, 4) is 0 Å². The third kappa shape index (κ3) is 2.76. The van der Waals surface area contributed by atoms with Gasteiger partial charge in [0.1, 0.15) is 5.78 Å². The number of hydrogen-bond acceptors (Lipinski definition) is 3. The minimum Gasteiger partial charge on any atom is -0.324 e. The molecule has 0 unspecified atom stereocenters. The molecule has 1 aromatic rings. The highest BCUT2D eigenvalue weighted by atomic mass is 16.2. The van der Waals surface area contributed by atoms with Gasteiger partial charge in [-0.25, -0.2) is 0 Å². The van der Waals surface area contributed by atoms with Crippen molar-refractivity contribution in [3.63, 3.8) is 0 Å². The molecule has 2 rings (SSSR count). The van der Waals surface area contributed by atoms with Crippen LogP contribution < -0.4 is 10.6 Å². The lowest BCUT2D eigenvalue weighted by Gasteiger charge is -2.22. The molecule has 2 N–H and O–H groups in total. The minimum absolute atomic E-state index is 0.125. The number of anilines is 1. The third-order valence-corrected chi connectivity index (χ3v) is 3.27. The molecule has 1 aromatic carbocycles. The molecule has 1 aliphatic rings. The van der Waals surface area contributed by atoms with Crippen molar-refractivity contribution in [2.75, 3.05) is 11.9 Å². The van der Waals surface area contributed by atoms with Crippen LogP contribution in [0.3, 0.4) is 0 Å². The van der Waals surface area contributed by atoms with E-state index < -0.39 is 6.04 Å². The molecule has 4 heteroatoms. The summed E-state index contributed by atoms with van der Waals surface area (Å²) in [6.45, 7) is 4.51. The standard InChI is InChI=1S/C14H18N2O2/c1-9-4-3-5-10(2)13(9)16-14(18)12-8-11(17)6-7-15-12/h3-5,12,15H,6-8H2,1-2H3,(H,16,18)/t12-/m0/s1. The van der Waals surface area contributed by atoms with Crippen molar-refractivity contribution < 1.29 is 9.59 Å². The molecule has 1 atom stereocenters. The van der Waals surface area contributed by atoms with E-state index in [-0.39, 0.29) is 18.1 Å². The topological polar surface area (TPSA) is 58.2 Å². The molecule has 0 radical (unpaired) electrons. The molecular formula is C14H18N2O2. The summed E-state index contributed by atoms with van der Waals surface area (Å²) in [5.41, 5.74) is 2.92. The molecular weight excluding hydrogens is 228 g/mol. The third-order valence-electron chi connectivity index (χ3n) is 3.27. The van der Waals surface area contributed by atoms with E-state index >= 15 is 0 Å². The number of amides is 1. The normalized spacial score (nSPS) is 19.7. The second-order valence-corrected chi connectivity index (χ2v) is 4.76. The zero-order valence-corrected chi connectivity index (χ0v) is 10.7. The number of benzene rings is 1. The van der Waals surface area contributed by atoms with E-state index in [9.17, 15) is 9.59 Å². The molecule has 0 spiro atoms. The molecule has 0 bridgehead atoms. The van der Waals surface area contributed by atoms with Crippen LogP contribution in [0.15, 0.2) is 18.2 Å². The smallest absolute Gasteiger partial charge is 0.241 e. The van der Waals surface area contributed by atoms with Crippen molar-refractivity contribution in [2.24, 2.45) is 0 Å². The highest BCUT2D eigenvalue weighted by Crippen LogP contribution is 2.20. The van der Waals surface area contributed by atoms with Crippen molar-refractivity contribution in [2.45, 2.75) is 32.7 Å². The summed E-state index contributed by atoms with van der Waals surface area (Å²) in [5, 5.41) is 5.99. The van der Waals surface area contributed by atoms with Gasteiger partial charge in [0, 0.05) is 25.1 Å². The molecule has 1 aliphatic heterocycles. The van der Waals surface area contributed by atoms with E-state index in [1.807, 2.05) is 32.0 Å². The summed E-state index contributed by atoms with van der Waals surface area (Å²) in [6, 6.07) is 5.48. The Morgan fingerprint density at radius 1 is 1.33 bits per heavy atom. The lowest BCUT2D eigenvalue weighted by atomic mass is 10.0. The molecule has 1 heterocycles. The van der Waals surface area contributed by atoms with Gasteiger partial charge in [0.05, 0.1) is 6.04 Å². The van der Waals surface area contributed by atoms with E-state index in [1.165, 1.54) is 0 Å². The predicted molar refractivity (Wildman–Crippen MR) is 70.6 cm³/mol. The first-order valence-corrected chi connectivity index (χ1v) is 6.20. The SMILES string of the molecule is Cc1cccc(C)c1NC(=O)[C@@H]1CC(=O)CCN1. The van der Waals surface area contributed by atoms with Gasteiger partial charge in [-0.05, 0) is 25.0 Å². The lowest BCUT2D eigenvalue weighted by Crippen LogP contribution is -2.46. The highest BCUT2D eigenvalue weighted by Gasteiger charge is 2.25. The van der Waals surface area contributed by atoms with Crippen LogP contribution in [-0.2, 0) is 9.59 Å². The molecule has 4 nitrogen and oxygen atoms in total. The van der Waals surface area contributed by atoms with Crippen molar-refractivity contribution in [3.05, 3.63) is 29.3 Å². The first-order chi connectivity index (χ1) is 8.58. The Morgan fingerprint density at radius 3 is 2.61 bits per heavy atom. The van der Waals surface area contributed by atoms with E-state index in [1.54, 1.807) is 0 Å². The lowest BCUT2D eigenvalue weighted by molar-refractivity contribution is -0.126. The number of nitrogens with one attached hydrogen (secondary N) is 2. The fourth-order valence-corrected chi connectivity index (χ4v) is 2.20. The van der Waals surface area contributed by atoms with Gasteiger partial charge in [0.15, 0.2) is 0 Å². The number of ketones is 1. The Kier molecular flexibility index (Phi) is 3.77. The number of piperidine rings is 1. The first kappa shape index (κ1) is 12.8. The molecule has 0 saturated carbocycles. The molecule has 0 aliphatic carbocycles. The Hall–Kier alpha value is -1.68. The van der Waals surface area contributed by atoms with Crippen LogP contribution in [0.4, 0.5) is 5.69 Å². The number of hydrogen-bond donors (Lipinski definition) is 2. The maximum Gasteiger partial charge on any atom is 0.241 e. The monoisotopic (exact) mass is 246 g/mol. The van der Waals surface area contributed by atoms with Crippen LogP contribution in [0.5, 0.6) is 0 Å². The Morgan fingerprint density at radius 2 is 2.00 bits per heavy atom. The molecule has 96 valence electrons. The van der Waals surface area contributed by atoms with Gasteiger partial charge in [-0.2, -0.15) is 0 Å². The van der Waals surface area contributed by atoms with Gasteiger partial charge >= 0.3 is 0 Å². The van der Waals surface area contributed by atoms with E-state index in [2.05, 4.69) is 10.6 Å². The highest BCUT2D eigenvalue weighted by molar-refractivity contribution is 5.99. The zero-order chi connectivity index (χ0) is 13.1. The Balaban J connectivity index is 2.09. The summed E-state index contributed by atoms with van der Waals surface area (Å²) in [4.78, 5) is 23.4. The maximum atomic E-state index is 12.1. The number of carbonyl (C=O) groups excluding carboxylic acids is 2. The van der Waals surface area contributed by atoms with Crippen LogP contribution in [0, 0.1) is 13.8 Å². The average molecular weight is 246 g/mol. The second kappa shape index (κ2) is 5.31. The maximum absolute atomic E-state index is 12.1. The first-order valence-electron chi connectivity index (χ1n) is 6.20. The van der Waals surface area contributed by atoms with Crippen LogP contribution in [0.2, 0.25) is 0 Å². The van der Waals surface area contributed by atoms with Gasteiger partial charge in [0.2, 0.25) is 5.91 Å². The fraction of sp³-hybridized carbons (Fsp3) is 0.429. The quantitative estimate of drug-likeness (QED) is 0.832. The summed E-state index contributed by atoms with van der Waals surface area (Å²) in [5.74, 6) is 0.0239. The number of para-hydroxylation sites is 1. The summed E-state index contributed by atoms with van der Waals surface area (Å²) >= 11 is 0. The summed E-state index contributed by atoms with van der Waals surface area (Å²) in [6.07, 6.45) is 0.809. The largest absolute Gasteiger partial charge is 0.324 e. The molecule has 1 amide bonds. The number of carbonyl (C=O) groups is 2. The van der Waals surface area contributed by atoms with Gasteiger partial charge in [-0.15, -0.1) is 0 Å². The molecule has 0 aromatic heterocycles. The minimum atomic E-state index is -0.398. The summed E-state index contributed by atoms with van der Waals surface area (Å²) < 4.78 is 0. The van der Waals surface area contributed by atoms with Gasteiger partial charge in [-0.1, -0.05) is 18.2 Å².